The Bertz CT molecular complexity index is 1390. The van der Waals surface area contributed by atoms with Crippen molar-refractivity contribution in [2.24, 2.45) is 4.99 Å². The van der Waals surface area contributed by atoms with E-state index in [0.717, 1.165) is 39.8 Å². The fourth-order valence-electron chi connectivity index (χ4n) is 4.74. The average Bonchev–Trinajstić information content (AvgIpc) is 3.52. The van der Waals surface area contributed by atoms with E-state index in [0.29, 0.717) is 12.3 Å². The van der Waals surface area contributed by atoms with Crippen LogP contribution in [-0.2, 0) is 18.0 Å². The molecule has 0 N–H and O–H groups in total. The minimum absolute atomic E-state index is 0.144. The van der Waals surface area contributed by atoms with E-state index in [2.05, 4.69) is 11.1 Å². The maximum atomic E-state index is 13.1. The van der Waals surface area contributed by atoms with Gasteiger partial charge in [-0.2, -0.15) is 13.2 Å². The van der Waals surface area contributed by atoms with Gasteiger partial charge >= 0.3 is 6.18 Å². The second-order valence-corrected chi connectivity index (χ2v) is 8.16. The molecule has 0 bridgehead atoms. The monoisotopic (exact) mass is 446 g/mol. The van der Waals surface area contributed by atoms with Crippen LogP contribution in [0.2, 0.25) is 0 Å². The van der Waals surface area contributed by atoms with Crippen LogP contribution in [0.5, 0.6) is 5.75 Å². The van der Waals surface area contributed by atoms with Crippen LogP contribution in [0.15, 0.2) is 88.5 Å². The van der Waals surface area contributed by atoms with Crippen molar-refractivity contribution in [1.29, 1.82) is 0 Å². The van der Waals surface area contributed by atoms with Gasteiger partial charge in [0.2, 0.25) is 5.76 Å². The average molecular weight is 446 g/mol. The van der Waals surface area contributed by atoms with Crippen LogP contribution in [-0.4, -0.2) is 17.3 Å². The molecule has 0 radical (unpaired) electrons. The van der Waals surface area contributed by atoms with Gasteiger partial charge in [0.15, 0.2) is 0 Å². The molecule has 7 heteroatoms. The summed E-state index contributed by atoms with van der Waals surface area (Å²) in [6, 6.07) is 19.9. The van der Waals surface area contributed by atoms with E-state index in [1.807, 2.05) is 48.5 Å². The van der Waals surface area contributed by atoms with Crippen molar-refractivity contribution in [3.8, 4) is 16.9 Å². The molecule has 0 amide bonds. The predicted octanol–water partition coefficient (Wildman–Crippen LogP) is 6.37. The van der Waals surface area contributed by atoms with E-state index in [1.165, 1.54) is 6.07 Å². The van der Waals surface area contributed by atoms with Crippen LogP contribution in [0.1, 0.15) is 22.6 Å². The third-order valence-electron chi connectivity index (χ3n) is 6.27. The number of aliphatic imine (C=N–C) groups is 1. The Labute approximate surface area is 187 Å². The molecular formula is C26H17F3N2O2. The summed E-state index contributed by atoms with van der Waals surface area (Å²) in [5, 5.41) is 0. The Balaban J connectivity index is 1.48. The summed E-state index contributed by atoms with van der Waals surface area (Å²) in [5.41, 5.74) is 4.66. The molecule has 0 saturated heterocycles. The minimum atomic E-state index is -4.53. The number of aromatic nitrogens is 1. The maximum absolute atomic E-state index is 13.1. The van der Waals surface area contributed by atoms with Crippen molar-refractivity contribution in [2.45, 2.75) is 18.0 Å². The molecule has 2 aromatic carbocycles. The number of furan rings is 1. The Morgan fingerprint density at radius 1 is 0.909 bits per heavy atom. The van der Waals surface area contributed by atoms with Gasteiger partial charge in [0.1, 0.15) is 18.1 Å². The Hall–Kier alpha value is -3.87. The van der Waals surface area contributed by atoms with Crippen molar-refractivity contribution in [3.63, 3.8) is 0 Å². The molecule has 1 atom stereocenters. The maximum Gasteiger partial charge on any atom is 0.449 e. The number of rotatable bonds is 3. The highest BCUT2D eigenvalue weighted by Crippen LogP contribution is 2.52. The van der Waals surface area contributed by atoms with Gasteiger partial charge in [-0.05, 0) is 47.5 Å². The number of benzene rings is 2. The number of ether oxygens (including phenoxy) is 1. The Morgan fingerprint density at radius 2 is 1.79 bits per heavy atom. The number of fused-ring (bicyclic) bond motifs is 4. The van der Waals surface area contributed by atoms with Gasteiger partial charge in [0, 0.05) is 35.7 Å². The lowest BCUT2D eigenvalue weighted by Crippen LogP contribution is -2.37. The molecule has 0 aliphatic carbocycles. The summed E-state index contributed by atoms with van der Waals surface area (Å²) in [7, 11) is 0. The molecule has 2 aromatic heterocycles. The summed E-state index contributed by atoms with van der Waals surface area (Å²) in [5.74, 6) is -0.0582. The number of hydrogen-bond donors (Lipinski definition) is 0. The van der Waals surface area contributed by atoms with Crippen molar-refractivity contribution in [2.75, 3.05) is 6.61 Å². The highest BCUT2D eigenvalue weighted by molar-refractivity contribution is 6.07. The molecule has 33 heavy (non-hydrogen) atoms. The van der Waals surface area contributed by atoms with Crippen molar-refractivity contribution in [1.82, 2.24) is 4.98 Å². The molecule has 2 aliphatic heterocycles. The second-order valence-electron chi connectivity index (χ2n) is 8.16. The molecule has 6 rings (SSSR count). The SMILES string of the molecule is FC(F)(F)c1ccc(CC2=Nc3ccccc3[C@]23COc2ccc(-c4cccnc4)cc23)o1. The van der Waals surface area contributed by atoms with Crippen LogP contribution >= 0.6 is 0 Å². The molecule has 4 nitrogen and oxygen atoms in total. The molecule has 0 fully saturated rings. The molecule has 164 valence electrons. The smallest absolute Gasteiger partial charge is 0.449 e. The van der Waals surface area contributed by atoms with Crippen LogP contribution in [0.3, 0.4) is 0 Å². The minimum Gasteiger partial charge on any atom is -0.492 e. The van der Waals surface area contributed by atoms with Crippen LogP contribution in [0.25, 0.3) is 11.1 Å². The summed E-state index contributed by atoms with van der Waals surface area (Å²) in [6.07, 6.45) is -0.871. The first-order chi connectivity index (χ1) is 15.9. The molecule has 4 aromatic rings. The molecule has 1 spiro atoms. The van der Waals surface area contributed by atoms with Gasteiger partial charge < -0.3 is 9.15 Å². The van der Waals surface area contributed by atoms with E-state index in [9.17, 15) is 13.2 Å². The first-order valence-corrected chi connectivity index (χ1v) is 10.5. The van der Waals surface area contributed by atoms with Crippen molar-refractivity contribution in [3.05, 3.63) is 102 Å². The molecular weight excluding hydrogens is 429 g/mol. The van der Waals surface area contributed by atoms with Crippen molar-refractivity contribution >= 4 is 11.4 Å². The zero-order chi connectivity index (χ0) is 22.6. The third-order valence-corrected chi connectivity index (χ3v) is 6.27. The third kappa shape index (κ3) is 3.07. The molecule has 0 unspecified atom stereocenters. The Morgan fingerprint density at radius 3 is 2.58 bits per heavy atom. The van der Waals surface area contributed by atoms with Gasteiger partial charge in [-0.1, -0.05) is 30.3 Å². The fourth-order valence-corrected chi connectivity index (χ4v) is 4.74. The number of nitrogens with zero attached hydrogens (tertiary/aromatic N) is 2. The fraction of sp³-hybridized carbons (Fsp3) is 0.154. The highest BCUT2D eigenvalue weighted by atomic mass is 19.4. The topological polar surface area (TPSA) is 47.6 Å². The molecule has 4 heterocycles. The summed E-state index contributed by atoms with van der Waals surface area (Å²) < 4.78 is 50.5. The van der Waals surface area contributed by atoms with Gasteiger partial charge in [0.25, 0.3) is 0 Å². The summed E-state index contributed by atoms with van der Waals surface area (Å²) in [6.45, 7) is 0.321. The van der Waals surface area contributed by atoms with Gasteiger partial charge in [-0.15, -0.1) is 0 Å². The normalized spacial score (nSPS) is 18.7. The van der Waals surface area contributed by atoms with Crippen LogP contribution in [0, 0.1) is 0 Å². The predicted molar refractivity (Wildman–Crippen MR) is 117 cm³/mol. The zero-order valence-corrected chi connectivity index (χ0v) is 17.3. The molecule has 0 saturated carbocycles. The number of halogens is 3. The van der Waals surface area contributed by atoms with E-state index in [-0.39, 0.29) is 12.2 Å². The van der Waals surface area contributed by atoms with Crippen LogP contribution in [0.4, 0.5) is 18.9 Å². The second kappa shape index (κ2) is 7.07. The van der Waals surface area contributed by atoms with E-state index in [4.69, 9.17) is 14.1 Å². The lowest BCUT2D eigenvalue weighted by Gasteiger charge is -2.26. The largest absolute Gasteiger partial charge is 0.492 e. The standard InChI is InChI=1S/C26H17F3N2O2/c27-26(28,29)24-10-8-18(33-24)13-23-25(19-5-1-2-6-21(19)31-23)15-32-22-9-7-16(12-20(22)25)17-4-3-11-30-14-17/h1-12,14H,13,15H2/t25-/m0/s1. The van der Waals surface area contributed by atoms with Crippen molar-refractivity contribution < 1.29 is 22.3 Å². The van der Waals surface area contributed by atoms with E-state index >= 15 is 0 Å². The van der Waals surface area contributed by atoms with Gasteiger partial charge in [-0.3, -0.25) is 9.98 Å². The van der Waals surface area contributed by atoms with Crippen LogP contribution < -0.4 is 4.74 Å². The Kier molecular flexibility index (Phi) is 4.24. The number of para-hydroxylation sites is 1. The number of hydrogen-bond acceptors (Lipinski definition) is 4. The van der Waals surface area contributed by atoms with E-state index in [1.54, 1.807) is 12.4 Å². The lowest BCUT2D eigenvalue weighted by molar-refractivity contribution is -0.153. The molecule has 2 aliphatic rings. The quantitative estimate of drug-likeness (QED) is 0.368. The summed E-state index contributed by atoms with van der Waals surface area (Å²) >= 11 is 0. The first-order valence-electron chi connectivity index (χ1n) is 10.5. The first kappa shape index (κ1) is 19.8. The lowest BCUT2D eigenvalue weighted by atomic mass is 9.72. The van der Waals surface area contributed by atoms with Gasteiger partial charge in [-0.25, -0.2) is 0 Å². The number of alkyl halides is 3. The van der Waals surface area contributed by atoms with E-state index < -0.39 is 17.4 Å². The summed E-state index contributed by atoms with van der Waals surface area (Å²) in [4.78, 5) is 9.05. The highest BCUT2D eigenvalue weighted by Gasteiger charge is 2.51. The zero-order valence-electron chi connectivity index (χ0n) is 17.3. The van der Waals surface area contributed by atoms with Gasteiger partial charge in [0.05, 0.1) is 11.1 Å². The number of pyridine rings is 1.